The highest BCUT2D eigenvalue weighted by Gasteiger charge is 2.30. The van der Waals surface area contributed by atoms with Gasteiger partial charge in [-0.2, -0.15) is 0 Å². The van der Waals surface area contributed by atoms with Crippen LogP contribution >= 0.6 is 0 Å². The first-order chi connectivity index (χ1) is 18.6. The molecule has 7 nitrogen and oxygen atoms in total. The number of ether oxygens (including phenoxy) is 3. The second-order valence-corrected chi connectivity index (χ2v) is 16.7. The largest absolute Gasteiger partial charge is 0.466 e. The molecule has 210 valence electrons. The van der Waals surface area contributed by atoms with Crippen LogP contribution in [0.1, 0.15) is 50.2 Å². The third kappa shape index (κ3) is 9.09. The molecular weight excluding hydrogens is 510 g/mol. The topological polar surface area (TPSA) is 90.9 Å². The van der Waals surface area contributed by atoms with Gasteiger partial charge in [0, 0.05) is 14.0 Å². The quantitative estimate of drug-likeness (QED) is 0.133. The Kier molecular flexibility index (Phi) is 10.9. The van der Waals surface area contributed by atoms with Crippen molar-refractivity contribution in [3.05, 3.63) is 71.8 Å². The van der Waals surface area contributed by atoms with Crippen LogP contribution in [0.15, 0.2) is 60.7 Å². The smallest absolute Gasteiger partial charge is 0.407 e. The first kappa shape index (κ1) is 30.2. The van der Waals surface area contributed by atoms with Crippen molar-refractivity contribution in [3.63, 3.8) is 0 Å². The molecule has 0 spiro atoms. The van der Waals surface area contributed by atoms with E-state index >= 15 is 0 Å². The Morgan fingerprint density at radius 2 is 1.59 bits per heavy atom. The number of unbranched alkanes of at least 4 members (excludes halogenated alkanes) is 1. The Morgan fingerprint density at radius 1 is 0.974 bits per heavy atom. The Morgan fingerprint density at radius 3 is 2.18 bits per heavy atom. The molecule has 2 aromatic carbocycles. The van der Waals surface area contributed by atoms with Crippen molar-refractivity contribution in [2.45, 2.75) is 76.9 Å². The first-order valence-corrected chi connectivity index (χ1v) is 17.4. The molecule has 3 rings (SSSR count). The fraction of sp³-hybridized carbons (Fsp3) is 0.452. The molecule has 0 bridgehead atoms. The summed E-state index contributed by atoms with van der Waals surface area (Å²) in [7, 11) is -1.33. The third-order valence-electron chi connectivity index (χ3n) is 6.59. The lowest BCUT2D eigenvalue weighted by atomic mass is 9.98. The molecule has 0 aromatic heterocycles. The number of carbonyl (C=O) groups is 3. The van der Waals surface area contributed by atoms with Crippen molar-refractivity contribution in [3.8, 4) is 11.1 Å². The minimum atomic E-state index is -1.33. The molecule has 1 amide bonds. The number of fused-ring (bicyclic) bond motifs is 3. The van der Waals surface area contributed by atoms with E-state index in [1.54, 1.807) is 6.08 Å². The van der Waals surface area contributed by atoms with Crippen molar-refractivity contribution in [1.82, 2.24) is 5.32 Å². The summed E-state index contributed by atoms with van der Waals surface area (Å²) in [6.07, 6.45) is 3.78. The van der Waals surface area contributed by atoms with Crippen molar-refractivity contribution >= 4 is 26.1 Å². The highest BCUT2D eigenvalue weighted by Crippen LogP contribution is 2.44. The summed E-state index contributed by atoms with van der Waals surface area (Å²) in [4.78, 5) is 37.7. The molecule has 1 aliphatic carbocycles. The molecule has 0 fully saturated rings. The summed E-state index contributed by atoms with van der Waals surface area (Å²) in [6, 6.07) is 16.1. The van der Waals surface area contributed by atoms with Gasteiger partial charge < -0.3 is 19.5 Å². The van der Waals surface area contributed by atoms with E-state index in [2.05, 4.69) is 37.1 Å². The molecule has 0 heterocycles. The number of hydrogen-bond acceptors (Lipinski definition) is 6. The van der Waals surface area contributed by atoms with Gasteiger partial charge in [0.25, 0.3) is 0 Å². The van der Waals surface area contributed by atoms with Crippen LogP contribution in [-0.4, -0.2) is 51.5 Å². The van der Waals surface area contributed by atoms with Crippen LogP contribution in [0.2, 0.25) is 25.7 Å². The van der Waals surface area contributed by atoms with Gasteiger partial charge in [-0.25, -0.2) is 9.59 Å². The van der Waals surface area contributed by atoms with E-state index in [9.17, 15) is 14.4 Å². The molecule has 2 atom stereocenters. The summed E-state index contributed by atoms with van der Waals surface area (Å²) < 4.78 is 16.5. The van der Waals surface area contributed by atoms with Crippen LogP contribution in [0.3, 0.4) is 0 Å². The summed E-state index contributed by atoms with van der Waals surface area (Å²) in [5.41, 5.74) is 4.50. The molecule has 0 unspecified atom stereocenters. The number of alkyl carbamates (subject to hydrolysis) is 1. The van der Waals surface area contributed by atoms with Gasteiger partial charge in [-0.3, -0.25) is 4.79 Å². The van der Waals surface area contributed by atoms with E-state index in [0.717, 1.165) is 41.1 Å². The molecule has 2 aromatic rings. The minimum absolute atomic E-state index is 0.0741. The number of esters is 2. The van der Waals surface area contributed by atoms with Crippen molar-refractivity contribution < 1.29 is 28.6 Å². The third-order valence-corrected chi connectivity index (χ3v) is 8.29. The number of rotatable bonds is 13. The predicted octanol–water partition coefficient (Wildman–Crippen LogP) is 6.45. The Bertz CT molecular complexity index is 1130. The zero-order chi connectivity index (χ0) is 28.4. The molecular formula is C31H41NO6Si. The predicted molar refractivity (Wildman–Crippen MR) is 155 cm³/mol. The number of hydrogen-bond donors (Lipinski definition) is 1. The number of amides is 1. The van der Waals surface area contributed by atoms with Gasteiger partial charge in [0.1, 0.15) is 18.8 Å². The van der Waals surface area contributed by atoms with E-state index in [-0.39, 0.29) is 18.9 Å². The first-order valence-electron chi connectivity index (χ1n) is 13.7. The maximum absolute atomic E-state index is 12.8. The normalized spacial score (nSPS) is 14.3. The van der Waals surface area contributed by atoms with E-state index < -0.39 is 38.3 Å². The SMILES string of the molecule is CCC/C=C/[C@H](CC(=O)OCC[Si](C)(C)C)OC(=O)[C@H](C)NC(=O)OCC1c2ccccc2-c2ccccc21. The van der Waals surface area contributed by atoms with E-state index in [0.29, 0.717) is 6.61 Å². The average molecular weight is 552 g/mol. The van der Waals surface area contributed by atoms with E-state index in [4.69, 9.17) is 14.2 Å². The standard InChI is InChI=1S/C31H41NO6Si/c1-6-7-8-13-23(20-29(33)36-18-19-39(3,4)5)38-30(34)22(2)32-31(35)37-21-28-26-16-11-9-14-24(26)25-15-10-12-17-27(25)28/h8-17,22-23,28H,6-7,18-21H2,1-5H3,(H,32,35)/b13-8+/t22-,23+/m0/s1. The zero-order valence-electron chi connectivity index (χ0n) is 23.7. The fourth-order valence-electron chi connectivity index (χ4n) is 4.38. The molecule has 0 saturated carbocycles. The fourth-order valence-corrected chi connectivity index (χ4v) is 5.10. The van der Waals surface area contributed by atoms with Gasteiger partial charge in [-0.05, 0) is 47.7 Å². The van der Waals surface area contributed by atoms with Crippen LogP contribution in [0.25, 0.3) is 11.1 Å². The van der Waals surface area contributed by atoms with Gasteiger partial charge in [-0.1, -0.05) is 87.6 Å². The summed E-state index contributed by atoms with van der Waals surface area (Å²) in [5.74, 6) is -1.14. The number of benzene rings is 2. The van der Waals surface area contributed by atoms with Gasteiger partial charge in [0.15, 0.2) is 0 Å². The monoisotopic (exact) mass is 551 g/mol. The molecule has 8 heteroatoms. The van der Waals surface area contributed by atoms with E-state index in [1.165, 1.54) is 6.92 Å². The zero-order valence-corrected chi connectivity index (χ0v) is 24.7. The average Bonchev–Trinajstić information content (AvgIpc) is 3.20. The lowest BCUT2D eigenvalue weighted by Gasteiger charge is -2.20. The highest BCUT2D eigenvalue weighted by atomic mass is 28.3. The van der Waals surface area contributed by atoms with E-state index in [1.807, 2.05) is 49.4 Å². The molecule has 0 saturated heterocycles. The molecule has 39 heavy (non-hydrogen) atoms. The highest BCUT2D eigenvalue weighted by molar-refractivity contribution is 6.76. The van der Waals surface area contributed by atoms with Crippen LogP contribution < -0.4 is 5.32 Å². The van der Waals surface area contributed by atoms with Crippen molar-refractivity contribution in [2.24, 2.45) is 0 Å². The molecule has 0 aliphatic heterocycles. The van der Waals surface area contributed by atoms with Gasteiger partial charge in [0.2, 0.25) is 0 Å². The molecule has 1 N–H and O–H groups in total. The van der Waals surface area contributed by atoms with Gasteiger partial charge in [0.05, 0.1) is 13.0 Å². The summed E-state index contributed by atoms with van der Waals surface area (Å²) in [5, 5.41) is 2.56. The number of nitrogens with one attached hydrogen (secondary N) is 1. The van der Waals surface area contributed by atoms with Crippen LogP contribution in [0.5, 0.6) is 0 Å². The van der Waals surface area contributed by atoms with Crippen LogP contribution in [0, 0.1) is 0 Å². The second kappa shape index (κ2) is 14.1. The Labute approximate surface area is 232 Å². The van der Waals surface area contributed by atoms with Crippen molar-refractivity contribution in [1.29, 1.82) is 0 Å². The molecule has 0 radical (unpaired) electrons. The number of allylic oxidation sites excluding steroid dienone is 1. The maximum Gasteiger partial charge on any atom is 0.407 e. The van der Waals surface area contributed by atoms with Crippen molar-refractivity contribution in [2.75, 3.05) is 13.2 Å². The lowest BCUT2D eigenvalue weighted by molar-refractivity contribution is -0.153. The Balaban J connectivity index is 1.52. The van der Waals surface area contributed by atoms with Gasteiger partial charge >= 0.3 is 18.0 Å². The maximum atomic E-state index is 12.8. The van der Waals surface area contributed by atoms with Gasteiger partial charge in [-0.15, -0.1) is 0 Å². The molecule has 1 aliphatic rings. The van der Waals surface area contributed by atoms with Crippen LogP contribution in [-0.2, 0) is 23.8 Å². The minimum Gasteiger partial charge on any atom is -0.466 e. The second-order valence-electron chi connectivity index (χ2n) is 11.1. The lowest BCUT2D eigenvalue weighted by Crippen LogP contribution is -2.41. The Hall–Kier alpha value is -3.39. The summed E-state index contributed by atoms with van der Waals surface area (Å²) in [6.45, 7) is 10.7. The summed E-state index contributed by atoms with van der Waals surface area (Å²) >= 11 is 0. The number of carbonyl (C=O) groups excluding carboxylic acids is 3. The van der Waals surface area contributed by atoms with Crippen LogP contribution in [0.4, 0.5) is 4.79 Å².